The number of benzene rings is 2. The second-order valence-corrected chi connectivity index (χ2v) is 8.27. The standard InChI is InChI=1S/C26H26N4O/c1-18-20(17-30(29-18)21-9-3-2-4-10-21)8-7-15-27-26(31)23-16-25(19-13-14-19)28-24-12-6-5-11-22(23)24/h2-6,9-12,16-17,19H,7-8,13-15H2,1H3,(H,27,31). The Kier molecular flexibility index (Phi) is 5.24. The molecule has 2 heterocycles. The fraction of sp³-hybridized carbons (Fsp3) is 0.269. The molecule has 1 aliphatic carbocycles. The molecular weight excluding hydrogens is 384 g/mol. The van der Waals surface area contributed by atoms with Gasteiger partial charge in [0.1, 0.15) is 0 Å². The zero-order valence-corrected chi connectivity index (χ0v) is 17.7. The number of fused-ring (bicyclic) bond motifs is 1. The summed E-state index contributed by atoms with van der Waals surface area (Å²) in [6.07, 6.45) is 6.17. The smallest absolute Gasteiger partial charge is 0.252 e. The van der Waals surface area contributed by atoms with Crippen LogP contribution in [0.2, 0.25) is 0 Å². The monoisotopic (exact) mass is 410 g/mol. The van der Waals surface area contributed by atoms with Gasteiger partial charge in [-0.25, -0.2) is 4.68 Å². The predicted molar refractivity (Wildman–Crippen MR) is 123 cm³/mol. The summed E-state index contributed by atoms with van der Waals surface area (Å²) in [5, 5.41) is 8.66. The summed E-state index contributed by atoms with van der Waals surface area (Å²) in [6, 6.07) is 20.0. The lowest BCUT2D eigenvalue weighted by molar-refractivity contribution is 0.0954. The first-order valence-electron chi connectivity index (χ1n) is 11.0. The molecular formula is C26H26N4O. The van der Waals surface area contributed by atoms with E-state index in [-0.39, 0.29) is 5.91 Å². The molecule has 5 nitrogen and oxygen atoms in total. The summed E-state index contributed by atoms with van der Waals surface area (Å²) in [7, 11) is 0. The molecule has 156 valence electrons. The molecule has 1 saturated carbocycles. The number of nitrogens with zero attached hydrogens (tertiary/aromatic N) is 3. The van der Waals surface area contributed by atoms with Gasteiger partial charge in [0, 0.05) is 29.7 Å². The Morgan fingerprint density at radius 3 is 2.68 bits per heavy atom. The molecule has 0 radical (unpaired) electrons. The fourth-order valence-corrected chi connectivity index (χ4v) is 4.00. The van der Waals surface area contributed by atoms with Gasteiger partial charge in [0.15, 0.2) is 0 Å². The lowest BCUT2D eigenvalue weighted by atomic mass is 10.1. The predicted octanol–water partition coefficient (Wildman–Crippen LogP) is 4.97. The minimum Gasteiger partial charge on any atom is -0.352 e. The van der Waals surface area contributed by atoms with Crippen molar-refractivity contribution in [1.29, 1.82) is 0 Å². The number of hydrogen-bond acceptors (Lipinski definition) is 3. The highest BCUT2D eigenvalue weighted by atomic mass is 16.1. The Hall–Kier alpha value is -3.47. The van der Waals surface area contributed by atoms with E-state index in [0.717, 1.165) is 46.4 Å². The second-order valence-electron chi connectivity index (χ2n) is 8.27. The van der Waals surface area contributed by atoms with Crippen LogP contribution in [0.4, 0.5) is 0 Å². The maximum atomic E-state index is 13.0. The van der Waals surface area contributed by atoms with Gasteiger partial charge in [0.05, 0.1) is 22.5 Å². The minimum atomic E-state index is -0.0165. The van der Waals surface area contributed by atoms with Crippen molar-refractivity contribution in [3.05, 3.63) is 89.4 Å². The molecule has 1 aliphatic rings. The molecule has 0 bridgehead atoms. The Labute approximate surface area is 182 Å². The van der Waals surface area contributed by atoms with Crippen molar-refractivity contribution in [2.45, 2.75) is 38.5 Å². The van der Waals surface area contributed by atoms with Crippen LogP contribution in [0.1, 0.15) is 52.5 Å². The zero-order chi connectivity index (χ0) is 21.2. The molecule has 1 N–H and O–H groups in total. The van der Waals surface area contributed by atoms with Crippen molar-refractivity contribution < 1.29 is 4.79 Å². The second kappa shape index (κ2) is 8.34. The number of nitrogens with one attached hydrogen (secondary N) is 1. The Balaban J connectivity index is 1.24. The van der Waals surface area contributed by atoms with Gasteiger partial charge in [-0.05, 0) is 62.4 Å². The number of carbonyl (C=O) groups excluding carboxylic acids is 1. The van der Waals surface area contributed by atoms with E-state index in [2.05, 4.69) is 16.6 Å². The van der Waals surface area contributed by atoms with Gasteiger partial charge in [-0.1, -0.05) is 36.4 Å². The van der Waals surface area contributed by atoms with Gasteiger partial charge in [-0.3, -0.25) is 9.78 Å². The minimum absolute atomic E-state index is 0.0165. The van der Waals surface area contributed by atoms with Gasteiger partial charge in [0.2, 0.25) is 0 Å². The molecule has 2 aromatic heterocycles. The van der Waals surface area contributed by atoms with Crippen LogP contribution in [0.3, 0.4) is 0 Å². The largest absolute Gasteiger partial charge is 0.352 e. The molecule has 0 saturated heterocycles. The highest BCUT2D eigenvalue weighted by Gasteiger charge is 2.26. The first-order chi connectivity index (χ1) is 15.2. The molecule has 0 atom stereocenters. The fourth-order valence-electron chi connectivity index (χ4n) is 4.00. The Bertz CT molecular complexity index is 1220. The van der Waals surface area contributed by atoms with Crippen molar-refractivity contribution >= 4 is 16.8 Å². The third-order valence-corrected chi connectivity index (χ3v) is 5.91. The highest BCUT2D eigenvalue weighted by Crippen LogP contribution is 2.40. The third kappa shape index (κ3) is 4.22. The van der Waals surface area contributed by atoms with Crippen molar-refractivity contribution in [3.63, 3.8) is 0 Å². The number of aryl methyl sites for hydroxylation is 2. The van der Waals surface area contributed by atoms with Gasteiger partial charge >= 0.3 is 0 Å². The zero-order valence-electron chi connectivity index (χ0n) is 17.7. The van der Waals surface area contributed by atoms with Crippen LogP contribution >= 0.6 is 0 Å². The van der Waals surface area contributed by atoms with Crippen LogP contribution in [0, 0.1) is 6.92 Å². The van der Waals surface area contributed by atoms with E-state index in [9.17, 15) is 4.79 Å². The van der Waals surface area contributed by atoms with Crippen LogP contribution in [0.15, 0.2) is 66.9 Å². The summed E-state index contributed by atoms with van der Waals surface area (Å²) in [6.45, 7) is 2.67. The number of para-hydroxylation sites is 2. The van der Waals surface area contributed by atoms with Crippen LogP contribution in [-0.2, 0) is 6.42 Å². The summed E-state index contributed by atoms with van der Waals surface area (Å²) >= 11 is 0. The number of pyridine rings is 1. The lowest BCUT2D eigenvalue weighted by Gasteiger charge is -2.10. The molecule has 5 rings (SSSR count). The molecule has 5 heteroatoms. The summed E-state index contributed by atoms with van der Waals surface area (Å²) in [5.41, 5.74) is 5.99. The van der Waals surface area contributed by atoms with E-state index >= 15 is 0 Å². The Morgan fingerprint density at radius 1 is 1.10 bits per heavy atom. The summed E-state index contributed by atoms with van der Waals surface area (Å²) in [4.78, 5) is 17.7. The molecule has 2 aromatic carbocycles. The maximum absolute atomic E-state index is 13.0. The van der Waals surface area contributed by atoms with Crippen LogP contribution < -0.4 is 5.32 Å². The van der Waals surface area contributed by atoms with E-state index in [4.69, 9.17) is 4.98 Å². The first kappa shape index (κ1) is 19.5. The number of rotatable bonds is 7. The van der Waals surface area contributed by atoms with E-state index in [0.29, 0.717) is 12.5 Å². The Morgan fingerprint density at radius 2 is 1.87 bits per heavy atom. The van der Waals surface area contributed by atoms with Crippen LogP contribution in [0.25, 0.3) is 16.6 Å². The average molecular weight is 411 g/mol. The SMILES string of the molecule is Cc1nn(-c2ccccc2)cc1CCCNC(=O)c1cc(C2CC2)nc2ccccc12. The number of aromatic nitrogens is 3. The van der Waals surface area contributed by atoms with Gasteiger partial charge in [-0.15, -0.1) is 0 Å². The van der Waals surface area contributed by atoms with Crippen molar-refractivity contribution in [3.8, 4) is 5.69 Å². The van der Waals surface area contributed by atoms with Crippen molar-refractivity contribution in [1.82, 2.24) is 20.1 Å². The van der Waals surface area contributed by atoms with Gasteiger partial charge in [-0.2, -0.15) is 5.10 Å². The molecule has 4 aromatic rings. The number of carbonyl (C=O) groups is 1. The van der Waals surface area contributed by atoms with Gasteiger partial charge in [0.25, 0.3) is 5.91 Å². The van der Waals surface area contributed by atoms with Gasteiger partial charge < -0.3 is 5.32 Å². The molecule has 31 heavy (non-hydrogen) atoms. The van der Waals surface area contributed by atoms with E-state index in [1.165, 1.54) is 18.4 Å². The van der Waals surface area contributed by atoms with E-state index in [1.54, 1.807) is 0 Å². The molecule has 0 spiro atoms. The highest BCUT2D eigenvalue weighted by molar-refractivity contribution is 6.06. The molecule has 1 fully saturated rings. The number of amides is 1. The van der Waals surface area contributed by atoms with Crippen LogP contribution in [-0.4, -0.2) is 27.2 Å². The summed E-state index contributed by atoms with van der Waals surface area (Å²) in [5.74, 6) is 0.498. The van der Waals surface area contributed by atoms with Crippen molar-refractivity contribution in [2.75, 3.05) is 6.54 Å². The maximum Gasteiger partial charge on any atom is 0.252 e. The molecule has 0 aliphatic heterocycles. The van der Waals surface area contributed by atoms with E-state index in [1.807, 2.05) is 72.3 Å². The normalized spacial score (nSPS) is 13.5. The van der Waals surface area contributed by atoms with Crippen LogP contribution in [0.5, 0.6) is 0 Å². The average Bonchev–Trinajstić information content (AvgIpc) is 3.59. The molecule has 0 unspecified atom stereocenters. The number of hydrogen-bond donors (Lipinski definition) is 1. The quantitative estimate of drug-likeness (QED) is 0.438. The van der Waals surface area contributed by atoms with Crippen molar-refractivity contribution in [2.24, 2.45) is 0 Å². The topological polar surface area (TPSA) is 59.8 Å². The first-order valence-corrected chi connectivity index (χ1v) is 11.0. The third-order valence-electron chi connectivity index (χ3n) is 5.91. The molecule has 1 amide bonds. The summed E-state index contributed by atoms with van der Waals surface area (Å²) < 4.78 is 1.92. The van der Waals surface area contributed by atoms with E-state index < -0.39 is 0 Å². The lowest BCUT2D eigenvalue weighted by Crippen LogP contribution is -2.25.